The molecule has 1 aliphatic carbocycles. The summed E-state index contributed by atoms with van der Waals surface area (Å²) in [6.45, 7) is 2.58. The molecule has 0 heterocycles. The second-order valence-electron chi connectivity index (χ2n) is 5.46. The van der Waals surface area contributed by atoms with E-state index in [0.29, 0.717) is 25.4 Å². The van der Waals surface area contributed by atoms with Crippen molar-refractivity contribution in [2.24, 2.45) is 11.8 Å². The van der Waals surface area contributed by atoms with Gasteiger partial charge in [-0.1, -0.05) is 19.8 Å². The lowest BCUT2D eigenvalue weighted by Gasteiger charge is -2.32. The first-order valence-electron chi connectivity index (χ1n) is 7.15. The quantitative estimate of drug-likeness (QED) is 0.675. The van der Waals surface area contributed by atoms with E-state index in [9.17, 15) is 13.7 Å². The highest BCUT2D eigenvalue weighted by Crippen LogP contribution is 2.35. The zero-order valence-corrected chi connectivity index (χ0v) is 12.8. The van der Waals surface area contributed by atoms with Crippen molar-refractivity contribution in [2.45, 2.75) is 50.7 Å². The molecule has 0 spiro atoms. The Morgan fingerprint density at radius 3 is 2.68 bits per heavy atom. The average Bonchev–Trinajstić information content (AvgIpc) is 2.39. The minimum absolute atomic E-state index is 0.141. The third-order valence-corrected chi connectivity index (χ3v) is 6.30. The Bertz CT molecular complexity index is 399. The Labute approximate surface area is 117 Å². The van der Waals surface area contributed by atoms with Crippen molar-refractivity contribution in [1.29, 1.82) is 5.26 Å². The monoisotopic (exact) mass is 287 g/mol. The van der Waals surface area contributed by atoms with Crippen LogP contribution in [0.2, 0.25) is 0 Å². The molecule has 1 rings (SSSR count). The second kappa shape index (κ2) is 7.86. The molecule has 0 aliphatic heterocycles. The van der Waals surface area contributed by atoms with Gasteiger partial charge in [-0.2, -0.15) is 5.26 Å². The SMILES string of the molecule is CCCC1CCC(C#N)C(S(=O)(=O)CCCOC)C1. The average molecular weight is 287 g/mol. The van der Waals surface area contributed by atoms with Crippen molar-refractivity contribution in [1.82, 2.24) is 0 Å². The molecule has 0 radical (unpaired) electrons. The number of rotatable bonds is 7. The third-order valence-electron chi connectivity index (χ3n) is 4.00. The van der Waals surface area contributed by atoms with Gasteiger partial charge in [0.25, 0.3) is 0 Å². The topological polar surface area (TPSA) is 67.2 Å². The van der Waals surface area contributed by atoms with Crippen molar-refractivity contribution >= 4 is 9.84 Å². The maximum atomic E-state index is 12.4. The van der Waals surface area contributed by atoms with Crippen molar-refractivity contribution in [3.8, 4) is 6.07 Å². The Morgan fingerprint density at radius 1 is 1.37 bits per heavy atom. The highest BCUT2D eigenvalue weighted by molar-refractivity contribution is 7.92. The van der Waals surface area contributed by atoms with Gasteiger partial charge in [0.05, 0.1) is 23.0 Å². The summed E-state index contributed by atoms with van der Waals surface area (Å²) in [6.07, 6.45) is 5.07. The number of ether oxygens (including phenoxy) is 1. The maximum absolute atomic E-state index is 12.4. The molecule has 0 aromatic rings. The predicted octanol–water partition coefficient (Wildman–Crippen LogP) is 2.55. The van der Waals surface area contributed by atoms with Crippen LogP contribution in [0.4, 0.5) is 0 Å². The molecule has 3 atom stereocenters. The van der Waals surface area contributed by atoms with Crippen LogP contribution < -0.4 is 0 Å². The third kappa shape index (κ3) is 4.77. The van der Waals surface area contributed by atoms with Crippen molar-refractivity contribution < 1.29 is 13.2 Å². The first-order chi connectivity index (χ1) is 9.05. The Hall–Kier alpha value is -0.600. The molecule has 19 heavy (non-hydrogen) atoms. The lowest BCUT2D eigenvalue weighted by Crippen LogP contribution is -2.37. The molecule has 0 bridgehead atoms. The van der Waals surface area contributed by atoms with Crippen molar-refractivity contribution in [3.63, 3.8) is 0 Å². The van der Waals surface area contributed by atoms with Gasteiger partial charge in [-0.05, 0) is 31.6 Å². The molecule has 5 heteroatoms. The highest BCUT2D eigenvalue weighted by atomic mass is 32.2. The van der Waals surface area contributed by atoms with E-state index in [0.717, 1.165) is 25.7 Å². The van der Waals surface area contributed by atoms with Gasteiger partial charge < -0.3 is 4.74 Å². The van der Waals surface area contributed by atoms with Gasteiger partial charge in [0.15, 0.2) is 9.84 Å². The molecular formula is C14H25NO3S. The van der Waals surface area contributed by atoms with Crippen LogP contribution >= 0.6 is 0 Å². The van der Waals surface area contributed by atoms with Gasteiger partial charge in [0, 0.05) is 13.7 Å². The molecule has 0 aromatic carbocycles. The fourth-order valence-corrected chi connectivity index (χ4v) is 5.07. The van der Waals surface area contributed by atoms with E-state index in [1.54, 1.807) is 7.11 Å². The number of sulfone groups is 1. The van der Waals surface area contributed by atoms with Crippen LogP contribution in [0.1, 0.15) is 45.4 Å². The van der Waals surface area contributed by atoms with Crippen LogP contribution in [0, 0.1) is 23.2 Å². The summed E-state index contributed by atoms with van der Waals surface area (Å²) in [6, 6.07) is 2.20. The van der Waals surface area contributed by atoms with Crippen LogP contribution in [-0.4, -0.2) is 33.1 Å². The summed E-state index contributed by atoms with van der Waals surface area (Å²) >= 11 is 0. The Kier molecular flexibility index (Phi) is 6.81. The largest absolute Gasteiger partial charge is 0.385 e. The molecule has 1 aliphatic rings. The molecule has 3 unspecified atom stereocenters. The number of methoxy groups -OCH3 is 1. The summed E-state index contributed by atoms with van der Waals surface area (Å²) < 4.78 is 29.7. The van der Waals surface area contributed by atoms with Crippen LogP contribution in [0.25, 0.3) is 0 Å². The zero-order chi connectivity index (χ0) is 14.3. The predicted molar refractivity (Wildman–Crippen MR) is 75.4 cm³/mol. The maximum Gasteiger partial charge on any atom is 0.154 e. The number of hydrogen-bond donors (Lipinski definition) is 0. The smallest absolute Gasteiger partial charge is 0.154 e. The number of hydrogen-bond acceptors (Lipinski definition) is 4. The Morgan fingerprint density at radius 2 is 2.11 bits per heavy atom. The van der Waals surface area contributed by atoms with Gasteiger partial charge >= 0.3 is 0 Å². The highest BCUT2D eigenvalue weighted by Gasteiger charge is 2.38. The first kappa shape index (κ1) is 16.5. The van der Waals surface area contributed by atoms with Crippen molar-refractivity contribution in [3.05, 3.63) is 0 Å². The normalized spacial score (nSPS) is 27.9. The molecular weight excluding hydrogens is 262 g/mol. The van der Waals surface area contributed by atoms with E-state index >= 15 is 0 Å². The zero-order valence-electron chi connectivity index (χ0n) is 12.0. The van der Waals surface area contributed by atoms with Gasteiger partial charge in [-0.25, -0.2) is 8.42 Å². The number of nitrogens with zero attached hydrogens (tertiary/aromatic N) is 1. The molecule has 0 amide bonds. The van der Waals surface area contributed by atoms with E-state index in [1.807, 2.05) is 0 Å². The van der Waals surface area contributed by atoms with Crippen LogP contribution in [0.3, 0.4) is 0 Å². The van der Waals surface area contributed by atoms with Crippen LogP contribution in [0.5, 0.6) is 0 Å². The molecule has 110 valence electrons. The van der Waals surface area contributed by atoms with Crippen LogP contribution in [0.15, 0.2) is 0 Å². The second-order valence-corrected chi connectivity index (χ2v) is 7.79. The van der Waals surface area contributed by atoms with Gasteiger partial charge in [-0.3, -0.25) is 0 Å². The fourth-order valence-electron chi connectivity index (χ4n) is 2.98. The van der Waals surface area contributed by atoms with Gasteiger partial charge in [-0.15, -0.1) is 0 Å². The molecule has 1 fully saturated rings. The summed E-state index contributed by atoms with van der Waals surface area (Å²) in [5.74, 6) is 0.292. The van der Waals surface area contributed by atoms with E-state index in [4.69, 9.17) is 4.74 Å². The summed E-state index contributed by atoms with van der Waals surface area (Å²) in [5, 5.41) is 8.71. The number of nitriles is 1. The molecule has 4 nitrogen and oxygen atoms in total. The summed E-state index contributed by atoms with van der Waals surface area (Å²) in [7, 11) is -1.60. The minimum atomic E-state index is -3.17. The van der Waals surface area contributed by atoms with E-state index in [2.05, 4.69) is 13.0 Å². The van der Waals surface area contributed by atoms with Gasteiger partial charge in [0.2, 0.25) is 0 Å². The standard InChI is InChI=1S/C14H25NO3S/c1-3-5-12-6-7-13(11-15)14(10-12)19(16,17)9-4-8-18-2/h12-14H,3-10H2,1-2H3. The fraction of sp³-hybridized carbons (Fsp3) is 0.929. The summed E-state index contributed by atoms with van der Waals surface area (Å²) in [4.78, 5) is 0. The first-order valence-corrected chi connectivity index (χ1v) is 8.86. The van der Waals surface area contributed by atoms with E-state index in [1.165, 1.54) is 0 Å². The summed E-state index contributed by atoms with van der Waals surface area (Å²) in [5.41, 5.74) is 0. The van der Waals surface area contributed by atoms with Crippen LogP contribution in [-0.2, 0) is 14.6 Å². The van der Waals surface area contributed by atoms with Crippen molar-refractivity contribution in [2.75, 3.05) is 19.5 Å². The van der Waals surface area contributed by atoms with E-state index < -0.39 is 15.1 Å². The minimum Gasteiger partial charge on any atom is -0.385 e. The molecule has 0 saturated heterocycles. The Balaban J connectivity index is 2.71. The van der Waals surface area contributed by atoms with Gasteiger partial charge in [0.1, 0.15) is 0 Å². The molecule has 1 saturated carbocycles. The molecule has 0 aromatic heterocycles. The lowest BCUT2D eigenvalue weighted by atomic mass is 9.80. The molecule has 0 N–H and O–H groups in total. The van der Waals surface area contributed by atoms with E-state index in [-0.39, 0.29) is 11.7 Å². The lowest BCUT2D eigenvalue weighted by molar-refractivity contribution is 0.199.